The molecule has 1 atom stereocenters. The quantitative estimate of drug-likeness (QED) is 0.633. The molecule has 0 nitrogen and oxygen atoms in total. The van der Waals surface area contributed by atoms with Crippen LogP contribution in [-0.2, 0) is 6.42 Å². The van der Waals surface area contributed by atoms with Crippen molar-refractivity contribution >= 4 is 11.6 Å². The fraction of sp³-hybridized carbons (Fsp3) is 0.571. The van der Waals surface area contributed by atoms with Crippen LogP contribution in [0.1, 0.15) is 50.7 Å². The number of halogens is 1. The minimum absolute atomic E-state index is 0.305. The molecule has 0 aliphatic carbocycles. The first-order chi connectivity index (χ1) is 7.09. The fourth-order valence-corrected chi connectivity index (χ4v) is 1.81. The summed E-state index contributed by atoms with van der Waals surface area (Å²) in [5.74, 6) is 0.627. The molecule has 0 fully saturated rings. The molecule has 0 aromatic heterocycles. The van der Waals surface area contributed by atoms with E-state index in [1.165, 1.54) is 17.5 Å². The molecule has 1 heteroatoms. The van der Waals surface area contributed by atoms with Gasteiger partial charge in [-0.05, 0) is 43.2 Å². The molecular formula is C14H21Cl. The SMILES string of the molecule is CC(Cl)CCCc1ccc(C(C)C)cc1. The molecule has 84 valence electrons. The summed E-state index contributed by atoms with van der Waals surface area (Å²) in [4.78, 5) is 0. The van der Waals surface area contributed by atoms with Crippen LogP contribution in [0.4, 0.5) is 0 Å². The zero-order chi connectivity index (χ0) is 11.3. The van der Waals surface area contributed by atoms with Gasteiger partial charge in [-0.15, -0.1) is 11.6 Å². The number of hydrogen-bond acceptors (Lipinski definition) is 0. The van der Waals surface area contributed by atoms with E-state index in [1.54, 1.807) is 0 Å². The molecule has 15 heavy (non-hydrogen) atoms. The van der Waals surface area contributed by atoms with Crippen molar-refractivity contribution in [1.82, 2.24) is 0 Å². The predicted molar refractivity (Wildman–Crippen MR) is 68.8 cm³/mol. The lowest BCUT2D eigenvalue weighted by Crippen LogP contribution is -1.94. The second-order valence-corrected chi connectivity index (χ2v) is 5.31. The number of aryl methyl sites for hydroxylation is 1. The van der Waals surface area contributed by atoms with Crippen molar-refractivity contribution in [3.63, 3.8) is 0 Å². The summed E-state index contributed by atoms with van der Waals surface area (Å²) in [7, 11) is 0. The van der Waals surface area contributed by atoms with Gasteiger partial charge in [0.2, 0.25) is 0 Å². The molecule has 1 aromatic carbocycles. The zero-order valence-electron chi connectivity index (χ0n) is 9.96. The fourth-order valence-electron chi connectivity index (χ4n) is 1.66. The van der Waals surface area contributed by atoms with Crippen LogP contribution < -0.4 is 0 Å². The highest BCUT2D eigenvalue weighted by Crippen LogP contribution is 2.16. The van der Waals surface area contributed by atoms with Gasteiger partial charge in [0.1, 0.15) is 0 Å². The lowest BCUT2D eigenvalue weighted by atomic mass is 10.00. The minimum atomic E-state index is 0.305. The molecule has 1 aromatic rings. The van der Waals surface area contributed by atoms with Crippen molar-refractivity contribution in [2.75, 3.05) is 0 Å². The van der Waals surface area contributed by atoms with Gasteiger partial charge in [-0.25, -0.2) is 0 Å². The van der Waals surface area contributed by atoms with Gasteiger partial charge >= 0.3 is 0 Å². The third kappa shape index (κ3) is 4.70. The monoisotopic (exact) mass is 224 g/mol. The molecular weight excluding hydrogens is 204 g/mol. The molecule has 1 unspecified atom stereocenters. The van der Waals surface area contributed by atoms with Crippen LogP contribution in [0.3, 0.4) is 0 Å². The van der Waals surface area contributed by atoms with Crippen LogP contribution in [-0.4, -0.2) is 5.38 Å². The Hall–Kier alpha value is -0.490. The Balaban J connectivity index is 2.43. The highest BCUT2D eigenvalue weighted by Gasteiger charge is 2.00. The van der Waals surface area contributed by atoms with E-state index in [9.17, 15) is 0 Å². The Labute approximate surface area is 98.7 Å². The standard InChI is InChI=1S/C14H21Cl/c1-11(2)14-9-7-13(8-10-14)6-4-5-12(3)15/h7-12H,4-6H2,1-3H3. The highest BCUT2D eigenvalue weighted by atomic mass is 35.5. The average Bonchev–Trinajstić information content (AvgIpc) is 2.18. The van der Waals surface area contributed by atoms with E-state index in [2.05, 4.69) is 45.0 Å². The summed E-state index contributed by atoms with van der Waals surface area (Å²) in [5, 5.41) is 0.305. The van der Waals surface area contributed by atoms with Gasteiger partial charge < -0.3 is 0 Å². The molecule has 0 heterocycles. The van der Waals surface area contributed by atoms with E-state index in [-0.39, 0.29) is 0 Å². The minimum Gasteiger partial charge on any atom is -0.123 e. The Kier molecular flexibility index (Phi) is 5.17. The van der Waals surface area contributed by atoms with Crippen LogP contribution in [0.5, 0.6) is 0 Å². The van der Waals surface area contributed by atoms with E-state index in [0.29, 0.717) is 11.3 Å². The first-order valence-electron chi connectivity index (χ1n) is 5.82. The Morgan fingerprint density at radius 3 is 2.13 bits per heavy atom. The Bertz CT molecular complexity index is 272. The molecule has 0 saturated heterocycles. The van der Waals surface area contributed by atoms with E-state index in [4.69, 9.17) is 11.6 Å². The molecule has 0 amide bonds. The average molecular weight is 225 g/mol. The number of alkyl halides is 1. The molecule has 0 N–H and O–H groups in total. The lowest BCUT2D eigenvalue weighted by Gasteiger charge is -2.07. The molecule has 0 radical (unpaired) electrons. The second-order valence-electron chi connectivity index (χ2n) is 4.57. The first kappa shape index (κ1) is 12.6. The smallest absolute Gasteiger partial charge is 0.0308 e. The Morgan fingerprint density at radius 2 is 1.67 bits per heavy atom. The maximum Gasteiger partial charge on any atom is 0.0308 e. The number of rotatable bonds is 5. The van der Waals surface area contributed by atoms with Crippen LogP contribution in [0.15, 0.2) is 24.3 Å². The molecule has 0 aliphatic heterocycles. The van der Waals surface area contributed by atoms with Gasteiger partial charge in [0, 0.05) is 5.38 Å². The maximum absolute atomic E-state index is 5.91. The first-order valence-corrected chi connectivity index (χ1v) is 6.26. The zero-order valence-corrected chi connectivity index (χ0v) is 10.7. The van der Waals surface area contributed by atoms with Gasteiger partial charge in [-0.3, -0.25) is 0 Å². The van der Waals surface area contributed by atoms with Crippen molar-refractivity contribution in [1.29, 1.82) is 0 Å². The predicted octanol–water partition coefficient (Wildman–Crippen LogP) is 4.76. The third-order valence-corrected chi connectivity index (χ3v) is 2.93. The van der Waals surface area contributed by atoms with Crippen LogP contribution in [0, 0.1) is 0 Å². The molecule has 0 bridgehead atoms. The van der Waals surface area contributed by atoms with Crippen molar-refractivity contribution in [2.24, 2.45) is 0 Å². The van der Waals surface area contributed by atoms with E-state index in [1.807, 2.05) is 0 Å². The lowest BCUT2D eigenvalue weighted by molar-refractivity contribution is 0.723. The Morgan fingerprint density at radius 1 is 1.07 bits per heavy atom. The van der Waals surface area contributed by atoms with Crippen molar-refractivity contribution in [3.05, 3.63) is 35.4 Å². The summed E-state index contributed by atoms with van der Waals surface area (Å²) in [5.41, 5.74) is 2.85. The highest BCUT2D eigenvalue weighted by molar-refractivity contribution is 6.20. The van der Waals surface area contributed by atoms with E-state index >= 15 is 0 Å². The second kappa shape index (κ2) is 6.17. The van der Waals surface area contributed by atoms with Gasteiger partial charge in [-0.1, -0.05) is 38.1 Å². The van der Waals surface area contributed by atoms with Crippen molar-refractivity contribution in [2.45, 2.75) is 51.3 Å². The summed E-state index contributed by atoms with van der Waals surface area (Å²) in [6, 6.07) is 8.97. The number of benzene rings is 1. The molecule has 0 spiro atoms. The van der Waals surface area contributed by atoms with E-state index in [0.717, 1.165) is 12.8 Å². The summed E-state index contributed by atoms with van der Waals surface area (Å²) in [6.07, 6.45) is 3.44. The molecule has 0 aliphatic rings. The summed E-state index contributed by atoms with van der Waals surface area (Å²) in [6.45, 7) is 6.51. The maximum atomic E-state index is 5.91. The van der Waals surface area contributed by atoms with Crippen molar-refractivity contribution < 1.29 is 0 Å². The topological polar surface area (TPSA) is 0 Å². The van der Waals surface area contributed by atoms with E-state index < -0.39 is 0 Å². The summed E-state index contributed by atoms with van der Waals surface area (Å²) < 4.78 is 0. The summed E-state index contributed by atoms with van der Waals surface area (Å²) >= 11 is 5.91. The van der Waals surface area contributed by atoms with Gasteiger partial charge in [-0.2, -0.15) is 0 Å². The van der Waals surface area contributed by atoms with Gasteiger partial charge in [0.05, 0.1) is 0 Å². The molecule has 1 rings (SSSR count). The van der Waals surface area contributed by atoms with Crippen LogP contribution in [0.2, 0.25) is 0 Å². The van der Waals surface area contributed by atoms with Crippen LogP contribution >= 0.6 is 11.6 Å². The molecule has 0 saturated carbocycles. The van der Waals surface area contributed by atoms with Crippen molar-refractivity contribution in [3.8, 4) is 0 Å². The number of hydrogen-bond donors (Lipinski definition) is 0. The van der Waals surface area contributed by atoms with Gasteiger partial charge in [0.25, 0.3) is 0 Å². The largest absolute Gasteiger partial charge is 0.123 e. The normalized spacial score (nSPS) is 13.1. The van der Waals surface area contributed by atoms with Gasteiger partial charge in [0.15, 0.2) is 0 Å². The van der Waals surface area contributed by atoms with Crippen LogP contribution in [0.25, 0.3) is 0 Å². The third-order valence-electron chi connectivity index (χ3n) is 2.71.